The lowest BCUT2D eigenvalue weighted by Crippen LogP contribution is -2.11. The summed E-state index contributed by atoms with van der Waals surface area (Å²) in [5.41, 5.74) is -0.333. The SMILES string of the molecule is COC(=O)Cc1nc(CBr)cc(C(F)F)c1C#N. The molecular weight excluding hydrogens is 310 g/mol. The van der Waals surface area contributed by atoms with Gasteiger partial charge in [0.05, 0.1) is 30.5 Å². The molecular formula is C11H9BrF2N2O2. The summed E-state index contributed by atoms with van der Waals surface area (Å²) in [4.78, 5) is 15.1. The molecule has 0 aromatic carbocycles. The predicted octanol–water partition coefficient (Wildman–Crippen LogP) is 2.50. The van der Waals surface area contributed by atoms with E-state index >= 15 is 0 Å². The van der Waals surface area contributed by atoms with Gasteiger partial charge in [-0.3, -0.25) is 9.78 Å². The van der Waals surface area contributed by atoms with E-state index in [9.17, 15) is 13.6 Å². The first-order chi connectivity index (χ1) is 8.53. The number of nitriles is 1. The smallest absolute Gasteiger partial charge is 0.311 e. The van der Waals surface area contributed by atoms with Crippen LogP contribution in [0.1, 0.15) is 28.9 Å². The van der Waals surface area contributed by atoms with Crippen LogP contribution in [-0.4, -0.2) is 18.1 Å². The minimum absolute atomic E-state index is 0.0107. The zero-order chi connectivity index (χ0) is 13.7. The molecule has 0 aliphatic rings. The summed E-state index contributed by atoms with van der Waals surface area (Å²) < 4.78 is 30.1. The highest BCUT2D eigenvalue weighted by Crippen LogP contribution is 2.26. The van der Waals surface area contributed by atoms with Crippen molar-refractivity contribution in [1.82, 2.24) is 4.98 Å². The molecule has 0 spiro atoms. The van der Waals surface area contributed by atoms with Crippen LogP contribution in [0.15, 0.2) is 6.07 Å². The number of aromatic nitrogens is 1. The molecule has 4 nitrogen and oxygen atoms in total. The molecule has 0 atom stereocenters. The summed E-state index contributed by atoms with van der Waals surface area (Å²) in [6, 6.07) is 2.81. The Hall–Kier alpha value is -1.55. The summed E-state index contributed by atoms with van der Waals surface area (Å²) in [5, 5.41) is 9.17. The standard InChI is InChI=1S/C11H9BrF2N2O2/c1-18-10(17)3-9-8(5-15)7(11(13)14)2-6(4-12)16-9/h2,11H,3-4H2,1H3. The number of methoxy groups -OCH3 is 1. The lowest BCUT2D eigenvalue weighted by Gasteiger charge is -2.09. The number of alkyl halides is 3. The van der Waals surface area contributed by atoms with Crippen molar-refractivity contribution in [2.45, 2.75) is 18.2 Å². The van der Waals surface area contributed by atoms with Gasteiger partial charge < -0.3 is 4.74 Å². The van der Waals surface area contributed by atoms with Gasteiger partial charge in [-0.05, 0) is 6.07 Å². The van der Waals surface area contributed by atoms with Crippen molar-refractivity contribution in [3.05, 3.63) is 28.6 Å². The first kappa shape index (κ1) is 14.5. The summed E-state index contributed by atoms with van der Waals surface area (Å²) >= 11 is 3.10. The summed E-state index contributed by atoms with van der Waals surface area (Å²) in [7, 11) is 1.18. The predicted molar refractivity (Wildman–Crippen MR) is 62.3 cm³/mol. The molecule has 18 heavy (non-hydrogen) atoms. The first-order valence-corrected chi connectivity index (χ1v) is 5.99. The van der Waals surface area contributed by atoms with Crippen molar-refractivity contribution in [2.24, 2.45) is 0 Å². The number of carbonyl (C=O) groups is 1. The number of rotatable bonds is 4. The lowest BCUT2D eigenvalue weighted by atomic mass is 10.0. The first-order valence-electron chi connectivity index (χ1n) is 4.87. The van der Waals surface area contributed by atoms with Crippen molar-refractivity contribution in [1.29, 1.82) is 5.26 Å². The van der Waals surface area contributed by atoms with Crippen LogP contribution in [0, 0.1) is 11.3 Å². The topological polar surface area (TPSA) is 63.0 Å². The van der Waals surface area contributed by atoms with Gasteiger partial charge in [0.1, 0.15) is 6.07 Å². The van der Waals surface area contributed by atoms with Gasteiger partial charge in [-0.1, -0.05) is 15.9 Å². The quantitative estimate of drug-likeness (QED) is 0.632. The van der Waals surface area contributed by atoms with E-state index in [0.29, 0.717) is 5.69 Å². The molecule has 1 rings (SSSR count). The van der Waals surface area contributed by atoms with E-state index in [0.717, 1.165) is 6.07 Å². The highest BCUT2D eigenvalue weighted by molar-refractivity contribution is 9.08. The van der Waals surface area contributed by atoms with E-state index in [1.807, 2.05) is 0 Å². The van der Waals surface area contributed by atoms with Crippen LogP contribution in [0.5, 0.6) is 0 Å². The Balaban J connectivity index is 3.34. The van der Waals surface area contributed by atoms with E-state index in [2.05, 4.69) is 25.7 Å². The van der Waals surface area contributed by atoms with Gasteiger partial charge in [0, 0.05) is 10.9 Å². The average Bonchev–Trinajstić information content (AvgIpc) is 2.37. The van der Waals surface area contributed by atoms with Crippen LogP contribution < -0.4 is 0 Å². The van der Waals surface area contributed by atoms with E-state index in [1.165, 1.54) is 7.11 Å². The van der Waals surface area contributed by atoms with Crippen LogP contribution in [0.4, 0.5) is 8.78 Å². The maximum Gasteiger partial charge on any atom is 0.311 e. The second-order valence-corrected chi connectivity index (χ2v) is 3.88. The van der Waals surface area contributed by atoms with Gasteiger partial charge in [-0.2, -0.15) is 5.26 Å². The molecule has 0 saturated carbocycles. The molecule has 0 saturated heterocycles. The van der Waals surface area contributed by atoms with E-state index in [4.69, 9.17) is 5.26 Å². The number of hydrogen-bond donors (Lipinski definition) is 0. The monoisotopic (exact) mass is 318 g/mol. The third-order valence-electron chi connectivity index (χ3n) is 2.20. The van der Waals surface area contributed by atoms with Crippen LogP contribution in [-0.2, 0) is 21.3 Å². The van der Waals surface area contributed by atoms with Crippen molar-refractivity contribution in [3.8, 4) is 6.07 Å². The Morgan fingerprint density at radius 2 is 2.33 bits per heavy atom. The molecule has 0 aliphatic carbocycles. The molecule has 1 aromatic rings. The Kier molecular flexibility index (Phi) is 5.16. The second-order valence-electron chi connectivity index (χ2n) is 3.32. The molecule has 0 unspecified atom stereocenters. The van der Waals surface area contributed by atoms with E-state index in [1.54, 1.807) is 6.07 Å². The van der Waals surface area contributed by atoms with Gasteiger partial charge in [0.2, 0.25) is 0 Å². The van der Waals surface area contributed by atoms with Crippen molar-refractivity contribution >= 4 is 21.9 Å². The maximum atomic E-state index is 12.8. The van der Waals surface area contributed by atoms with Gasteiger partial charge in [-0.15, -0.1) is 0 Å². The molecule has 96 valence electrons. The largest absolute Gasteiger partial charge is 0.469 e. The molecule has 0 radical (unpaired) electrons. The van der Waals surface area contributed by atoms with Crippen LogP contribution in [0.3, 0.4) is 0 Å². The van der Waals surface area contributed by atoms with E-state index in [-0.39, 0.29) is 23.0 Å². The molecule has 0 fully saturated rings. The van der Waals surface area contributed by atoms with Gasteiger partial charge in [0.25, 0.3) is 6.43 Å². The van der Waals surface area contributed by atoms with Gasteiger partial charge in [-0.25, -0.2) is 8.78 Å². The zero-order valence-corrected chi connectivity index (χ0v) is 11.0. The molecule has 0 aliphatic heterocycles. The third-order valence-corrected chi connectivity index (χ3v) is 2.78. The summed E-state index contributed by atoms with van der Waals surface area (Å²) in [6.07, 6.45) is -3.10. The fraction of sp³-hybridized carbons (Fsp3) is 0.364. The number of pyridine rings is 1. The molecule has 7 heteroatoms. The van der Waals surface area contributed by atoms with Gasteiger partial charge >= 0.3 is 5.97 Å². The number of halogens is 3. The Labute approximate surface area is 111 Å². The fourth-order valence-electron chi connectivity index (χ4n) is 1.39. The molecule has 1 heterocycles. The summed E-state index contributed by atoms with van der Waals surface area (Å²) in [5.74, 6) is -0.633. The minimum atomic E-state index is -2.79. The zero-order valence-electron chi connectivity index (χ0n) is 9.41. The summed E-state index contributed by atoms with van der Waals surface area (Å²) in [6.45, 7) is 0. The molecule has 0 amide bonds. The number of nitrogens with zero attached hydrogens (tertiary/aromatic N) is 2. The number of ether oxygens (including phenoxy) is 1. The van der Waals surface area contributed by atoms with Crippen LogP contribution >= 0.6 is 15.9 Å². The number of esters is 1. The maximum absolute atomic E-state index is 12.8. The van der Waals surface area contributed by atoms with Crippen molar-refractivity contribution in [2.75, 3.05) is 7.11 Å². The van der Waals surface area contributed by atoms with Crippen LogP contribution in [0.2, 0.25) is 0 Å². The Morgan fingerprint density at radius 3 is 2.78 bits per heavy atom. The Bertz CT molecular complexity index is 501. The van der Waals surface area contributed by atoms with Gasteiger partial charge in [0.15, 0.2) is 0 Å². The minimum Gasteiger partial charge on any atom is -0.469 e. The number of carbonyl (C=O) groups excluding carboxylic acids is 1. The number of hydrogen-bond acceptors (Lipinski definition) is 4. The molecule has 0 bridgehead atoms. The highest BCUT2D eigenvalue weighted by atomic mass is 79.9. The van der Waals surface area contributed by atoms with Crippen molar-refractivity contribution < 1.29 is 18.3 Å². The third kappa shape index (κ3) is 3.23. The molecule has 0 N–H and O–H groups in total. The normalized spacial score (nSPS) is 10.2. The van der Waals surface area contributed by atoms with E-state index < -0.39 is 18.0 Å². The second kappa shape index (κ2) is 6.40. The average molecular weight is 319 g/mol. The fourth-order valence-corrected chi connectivity index (χ4v) is 1.67. The van der Waals surface area contributed by atoms with Crippen molar-refractivity contribution in [3.63, 3.8) is 0 Å². The molecule has 1 aromatic heterocycles. The van der Waals surface area contributed by atoms with Crippen LogP contribution in [0.25, 0.3) is 0 Å². The Morgan fingerprint density at radius 1 is 1.67 bits per heavy atom. The lowest BCUT2D eigenvalue weighted by molar-refractivity contribution is -0.139. The highest BCUT2D eigenvalue weighted by Gasteiger charge is 2.20.